The van der Waals surface area contributed by atoms with Gasteiger partial charge in [0.2, 0.25) is 0 Å². The molecule has 0 aliphatic carbocycles. The summed E-state index contributed by atoms with van der Waals surface area (Å²) in [6.07, 6.45) is 0. The zero-order valence-electron chi connectivity index (χ0n) is 9.97. The van der Waals surface area contributed by atoms with Crippen LogP contribution in [0.4, 0.5) is 0 Å². The number of aromatic nitrogens is 2. The topological polar surface area (TPSA) is 28.7 Å². The highest BCUT2D eigenvalue weighted by atomic mass is 79.9. The molecule has 96 valence electrons. The van der Waals surface area contributed by atoms with Gasteiger partial charge < -0.3 is 4.98 Å². The Morgan fingerprint density at radius 2 is 1.89 bits per heavy atom. The molecule has 3 rings (SSSR count). The molecule has 1 N–H and O–H groups in total. The fourth-order valence-corrected chi connectivity index (χ4v) is 3.19. The first-order valence-corrected chi connectivity index (χ1v) is 7.62. The van der Waals surface area contributed by atoms with Crippen molar-refractivity contribution >= 4 is 54.5 Å². The fourth-order valence-electron chi connectivity index (χ4n) is 2.05. The number of hydrogen-bond acceptors (Lipinski definition) is 1. The fraction of sp³-hybridized carbons (Fsp3) is 0.0714. The predicted octanol–water partition coefficient (Wildman–Crippen LogP) is 5.72. The van der Waals surface area contributed by atoms with Crippen LogP contribution in [0.1, 0.15) is 5.56 Å². The van der Waals surface area contributed by atoms with Gasteiger partial charge in [-0.1, -0.05) is 43.5 Å². The molecule has 1 aromatic heterocycles. The van der Waals surface area contributed by atoms with Crippen molar-refractivity contribution < 1.29 is 0 Å². The summed E-state index contributed by atoms with van der Waals surface area (Å²) in [6.45, 7) is 2.04. The SMILES string of the molecule is Cc1cc(Br)cc2[nH]c(-c3cc(Br)ccc3Cl)nc12. The number of aromatic amines is 1. The molecule has 19 heavy (non-hydrogen) atoms. The quantitative estimate of drug-likeness (QED) is 0.556. The molecule has 0 unspecified atom stereocenters. The van der Waals surface area contributed by atoms with Crippen LogP contribution in [-0.2, 0) is 0 Å². The average Bonchev–Trinajstić information content (AvgIpc) is 2.76. The smallest absolute Gasteiger partial charge is 0.140 e. The number of halogens is 3. The van der Waals surface area contributed by atoms with Crippen molar-refractivity contribution in [1.29, 1.82) is 0 Å². The minimum Gasteiger partial charge on any atom is -0.338 e. The van der Waals surface area contributed by atoms with Gasteiger partial charge in [0.15, 0.2) is 0 Å². The van der Waals surface area contributed by atoms with E-state index in [0.717, 1.165) is 36.9 Å². The first-order chi connectivity index (χ1) is 9.04. The van der Waals surface area contributed by atoms with Crippen LogP contribution in [0, 0.1) is 6.92 Å². The number of nitrogens with zero attached hydrogens (tertiary/aromatic N) is 1. The molecule has 2 nitrogen and oxygen atoms in total. The first kappa shape index (κ1) is 13.2. The molecule has 0 radical (unpaired) electrons. The highest BCUT2D eigenvalue weighted by molar-refractivity contribution is 9.10. The maximum absolute atomic E-state index is 6.24. The Morgan fingerprint density at radius 1 is 1.11 bits per heavy atom. The number of H-pyrrole nitrogens is 1. The van der Waals surface area contributed by atoms with Crippen LogP contribution in [0.5, 0.6) is 0 Å². The number of imidazole rings is 1. The lowest BCUT2D eigenvalue weighted by Gasteiger charge is -2.00. The van der Waals surface area contributed by atoms with Crippen LogP contribution in [0.15, 0.2) is 39.3 Å². The third-order valence-electron chi connectivity index (χ3n) is 2.93. The zero-order chi connectivity index (χ0) is 13.6. The van der Waals surface area contributed by atoms with Crippen molar-refractivity contribution in [3.05, 3.63) is 49.9 Å². The van der Waals surface area contributed by atoms with Crippen molar-refractivity contribution in [2.24, 2.45) is 0 Å². The molecular formula is C14H9Br2ClN2. The van der Waals surface area contributed by atoms with Gasteiger partial charge in [0.1, 0.15) is 5.82 Å². The Balaban J connectivity index is 2.26. The highest BCUT2D eigenvalue weighted by Gasteiger charge is 2.11. The molecule has 0 saturated heterocycles. The molecule has 0 aliphatic heterocycles. The van der Waals surface area contributed by atoms with Gasteiger partial charge in [0, 0.05) is 14.5 Å². The van der Waals surface area contributed by atoms with Crippen LogP contribution in [0.25, 0.3) is 22.4 Å². The third-order valence-corrected chi connectivity index (χ3v) is 4.21. The Labute approximate surface area is 132 Å². The zero-order valence-corrected chi connectivity index (χ0v) is 13.9. The van der Waals surface area contributed by atoms with E-state index in [9.17, 15) is 0 Å². The van der Waals surface area contributed by atoms with Crippen molar-refractivity contribution in [1.82, 2.24) is 9.97 Å². The van der Waals surface area contributed by atoms with E-state index in [4.69, 9.17) is 11.6 Å². The number of fused-ring (bicyclic) bond motifs is 1. The van der Waals surface area contributed by atoms with Crippen LogP contribution in [0.2, 0.25) is 5.02 Å². The summed E-state index contributed by atoms with van der Waals surface area (Å²) in [5, 5.41) is 0.680. The summed E-state index contributed by atoms with van der Waals surface area (Å²) < 4.78 is 2.01. The van der Waals surface area contributed by atoms with E-state index < -0.39 is 0 Å². The molecule has 0 atom stereocenters. The molecule has 5 heteroatoms. The van der Waals surface area contributed by atoms with Crippen LogP contribution < -0.4 is 0 Å². The molecule has 0 amide bonds. The van der Waals surface area contributed by atoms with Gasteiger partial charge in [-0.2, -0.15) is 0 Å². The van der Waals surface area contributed by atoms with Crippen LogP contribution in [-0.4, -0.2) is 9.97 Å². The van der Waals surface area contributed by atoms with Crippen molar-refractivity contribution in [3.8, 4) is 11.4 Å². The van der Waals surface area contributed by atoms with Gasteiger partial charge in [-0.15, -0.1) is 0 Å². The Morgan fingerprint density at radius 3 is 2.68 bits per heavy atom. The van der Waals surface area contributed by atoms with E-state index >= 15 is 0 Å². The van der Waals surface area contributed by atoms with Gasteiger partial charge in [-0.05, 0) is 42.8 Å². The Hall–Kier alpha value is -0.840. The molecular weight excluding hydrogens is 391 g/mol. The Kier molecular flexibility index (Phi) is 3.41. The molecule has 3 aromatic rings. The lowest BCUT2D eigenvalue weighted by molar-refractivity contribution is 1.33. The molecule has 0 bridgehead atoms. The van der Waals surface area contributed by atoms with Crippen molar-refractivity contribution in [2.75, 3.05) is 0 Å². The molecule has 0 saturated carbocycles. The summed E-state index contributed by atoms with van der Waals surface area (Å²) in [4.78, 5) is 7.96. The molecule has 1 heterocycles. The van der Waals surface area contributed by atoms with E-state index in [0.29, 0.717) is 5.02 Å². The first-order valence-electron chi connectivity index (χ1n) is 5.66. The van der Waals surface area contributed by atoms with E-state index in [1.807, 2.05) is 31.2 Å². The molecule has 2 aromatic carbocycles. The summed E-state index contributed by atoms with van der Waals surface area (Å²) in [7, 11) is 0. The lowest BCUT2D eigenvalue weighted by Crippen LogP contribution is -1.82. The van der Waals surface area contributed by atoms with E-state index in [2.05, 4.69) is 47.9 Å². The number of benzene rings is 2. The number of rotatable bonds is 1. The summed E-state index contributed by atoms with van der Waals surface area (Å²) in [6, 6.07) is 9.80. The number of aryl methyl sites for hydroxylation is 1. The standard InChI is InChI=1S/C14H9Br2ClN2/c1-7-4-9(16)6-12-13(7)19-14(18-12)10-5-8(15)2-3-11(10)17/h2-6H,1H3,(H,18,19). The average molecular weight is 401 g/mol. The normalized spacial score (nSPS) is 11.2. The van der Waals surface area contributed by atoms with Crippen molar-refractivity contribution in [3.63, 3.8) is 0 Å². The minimum atomic E-state index is 0.680. The molecule has 0 aliphatic rings. The van der Waals surface area contributed by atoms with Gasteiger partial charge in [0.25, 0.3) is 0 Å². The monoisotopic (exact) mass is 398 g/mol. The second-order valence-corrected chi connectivity index (χ2v) is 6.57. The largest absolute Gasteiger partial charge is 0.338 e. The summed E-state index contributed by atoms with van der Waals surface area (Å²) in [5.74, 6) is 0.780. The summed E-state index contributed by atoms with van der Waals surface area (Å²) in [5.41, 5.74) is 3.98. The lowest BCUT2D eigenvalue weighted by atomic mass is 10.2. The van der Waals surface area contributed by atoms with Gasteiger partial charge in [-0.3, -0.25) is 0 Å². The summed E-state index contributed by atoms with van der Waals surface area (Å²) >= 11 is 13.2. The maximum Gasteiger partial charge on any atom is 0.140 e. The Bertz CT molecular complexity index is 780. The third kappa shape index (κ3) is 2.45. The number of nitrogens with one attached hydrogen (secondary N) is 1. The second kappa shape index (κ2) is 4.93. The van der Waals surface area contributed by atoms with E-state index in [-0.39, 0.29) is 0 Å². The van der Waals surface area contributed by atoms with Gasteiger partial charge in [-0.25, -0.2) is 4.98 Å². The van der Waals surface area contributed by atoms with E-state index in [1.165, 1.54) is 0 Å². The highest BCUT2D eigenvalue weighted by Crippen LogP contribution is 2.31. The van der Waals surface area contributed by atoms with Crippen LogP contribution in [0.3, 0.4) is 0 Å². The van der Waals surface area contributed by atoms with Gasteiger partial charge >= 0.3 is 0 Å². The second-order valence-electron chi connectivity index (χ2n) is 4.33. The van der Waals surface area contributed by atoms with Crippen molar-refractivity contribution in [2.45, 2.75) is 6.92 Å². The maximum atomic E-state index is 6.24. The van der Waals surface area contributed by atoms with Crippen LogP contribution >= 0.6 is 43.5 Å². The van der Waals surface area contributed by atoms with E-state index in [1.54, 1.807) is 0 Å². The molecule has 0 fully saturated rings. The number of hydrogen-bond donors (Lipinski definition) is 1. The molecule has 0 spiro atoms. The minimum absolute atomic E-state index is 0.680. The van der Waals surface area contributed by atoms with Gasteiger partial charge in [0.05, 0.1) is 16.1 Å². The predicted molar refractivity (Wildman–Crippen MR) is 86.7 cm³/mol.